The first-order valence-electron chi connectivity index (χ1n) is 3.06. The maximum Gasteiger partial charge on any atom is 0.111 e. The lowest BCUT2D eigenvalue weighted by molar-refractivity contribution is 0.837. The number of nitrogens with zero attached hydrogens (tertiary/aromatic N) is 2. The molecule has 1 N–H and O–H groups in total. The second-order valence-corrected chi connectivity index (χ2v) is 1.55. The fourth-order valence-electron chi connectivity index (χ4n) is 0.332. The van der Waals surface area contributed by atoms with Crippen LogP contribution >= 0.6 is 0 Å². The Balaban J connectivity index is 3.13. The smallest absolute Gasteiger partial charge is 0.111 e. The van der Waals surface area contributed by atoms with Crippen molar-refractivity contribution in [2.45, 2.75) is 13.3 Å². The van der Waals surface area contributed by atoms with Gasteiger partial charge in [-0.2, -0.15) is 0 Å². The van der Waals surface area contributed by atoms with Crippen molar-refractivity contribution in [2.24, 2.45) is 9.98 Å². The van der Waals surface area contributed by atoms with Crippen LogP contribution in [0, 0.1) is 0 Å². The average molecular weight is 127 g/mol. The molecule has 0 aliphatic carbocycles. The third-order valence-electron chi connectivity index (χ3n) is 0.686. The van der Waals surface area contributed by atoms with Crippen molar-refractivity contribution in [3.05, 3.63) is 0 Å². The first kappa shape index (κ1) is 8.30. The van der Waals surface area contributed by atoms with Gasteiger partial charge >= 0.3 is 0 Å². The SMILES string of the molecule is CC/C=N\C=N/CNC. The molecule has 0 spiro atoms. The zero-order valence-electron chi connectivity index (χ0n) is 5.96. The molecule has 0 radical (unpaired) electrons. The lowest BCUT2D eigenvalue weighted by atomic mass is 10.5. The molecule has 9 heavy (non-hydrogen) atoms. The maximum atomic E-state index is 3.89. The predicted octanol–water partition coefficient (Wildman–Crippen LogP) is 0.672. The van der Waals surface area contributed by atoms with Gasteiger partial charge in [0.2, 0.25) is 0 Å². The molecule has 0 fully saturated rings. The minimum Gasteiger partial charge on any atom is -0.301 e. The summed E-state index contributed by atoms with van der Waals surface area (Å²) < 4.78 is 0. The highest BCUT2D eigenvalue weighted by molar-refractivity contribution is 5.71. The summed E-state index contributed by atoms with van der Waals surface area (Å²) in [5.74, 6) is 0. The molecule has 0 unspecified atom stereocenters. The van der Waals surface area contributed by atoms with Crippen LogP contribution in [0.3, 0.4) is 0 Å². The van der Waals surface area contributed by atoms with E-state index in [4.69, 9.17) is 0 Å². The number of aliphatic imine (C=N–C) groups is 2. The Morgan fingerprint density at radius 1 is 1.56 bits per heavy atom. The van der Waals surface area contributed by atoms with Crippen LogP contribution in [0.25, 0.3) is 0 Å². The van der Waals surface area contributed by atoms with Crippen molar-refractivity contribution < 1.29 is 0 Å². The van der Waals surface area contributed by atoms with E-state index in [-0.39, 0.29) is 0 Å². The lowest BCUT2D eigenvalue weighted by Gasteiger charge is -1.83. The molecule has 3 nitrogen and oxygen atoms in total. The zero-order valence-corrected chi connectivity index (χ0v) is 5.96. The van der Waals surface area contributed by atoms with Gasteiger partial charge in [0.15, 0.2) is 0 Å². The van der Waals surface area contributed by atoms with Gasteiger partial charge in [0.1, 0.15) is 6.34 Å². The van der Waals surface area contributed by atoms with Crippen molar-refractivity contribution in [1.82, 2.24) is 5.32 Å². The van der Waals surface area contributed by atoms with E-state index < -0.39 is 0 Å². The third-order valence-corrected chi connectivity index (χ3v) is 0.686. The van der Waals surface area contributed by atoms with E-state index in [2.05, 4.69) is 15.3 Å². The first-order chi connectivity index (χ1) is 4.41. The topological polar surface area (TPSA) is 36.8 Å². The lowest BCUT2D eigenvalue weighted by Crippen LogP contribution is -2.04. The molecule has 52 valence electrons. The molecular weight excluding hydrogens is 114 g/mol. The second-order valence-electron chi connectivity index (χ2n) is 1.55. The van der Waals surface area contributed by atoms with E-state index in [0.29, 0.717) is 6.67 Å². The Hall–Kier alpha value is -0.700. The van der Waals surface area contributed by atoms with Crippen molar-refractivity contribution in [2.75, 3.05) is 13.7 Å². The molecule has 0 bridgehead atoms. The number of hydrogen-bond acceptors (Lipinski definition) is 2. The molecule has 3 heteroatoms. The molecule has 0 aromatic carbocycles. The van der Waals surface area contributed by atoms with Crippen LogP contribution < -0.4 is 5.32 Å². The molecule has 0 amide bonds. The molecule has 0 aromatic heterocycles. The van der Waals surface area contributed by atoms with E-state index >= 15 is 0 Å². The van der Waals surface area contributed by atoms with Crippen LogP contribution in [-0.4, -0.2) is 26.3 Å². The highest BCUT2D eigenvalue weighted by atomic mass is 15.0. The van der Waals surface area contributed by atoms with Crippen molar-refractivity contribution >= 4 is 12.6 Å². The largest absolute Gasteiger partial charge is 0.301 e. The molecule has 0 saturated heterocycles. The van der Waals surface area contributed by atoms with Gasteiger partial charge in [-0.1, -0.05) is 6.92 Å². The Bertz CT molecular complexity index is 96.5. The second kappa shape index (κ2) is 7.30. The summed E-state index contributed by atoms with van der Waals surface area (Å²) in [4.78, 5) is 7.76. The number of hydrogen-bond donors (Lipinski definition) is 1. The van der Waals surface area contributed by atoms with E-state index in [1.165, 1.54) is 0 Å². The summed E-state index contributed by atoms with van der Waals surface area (Å²) in [5.41, 5.74) is 0. The standard InChI is InChI=1S/C6H13N3/c1-3-4-8-6-9-5-7-2/h4,6-7H,3,5H2,1-2H3/b8-4-,9-6-. The van der Waals surface area contributed by atoms with E-state index in [1.807, 2.05) is 20.2 Å². The van der Waals surface area contributed by atoms with Gasteiger partial charge in [0.05, 0.1) is 6.67 Å². The minimum absolute atomic E-state index is 0.640. The monoisotopic (exact) mass is 127 g/mol. The minimum atomic E-state index is 0.640. The average Bonchev–Trinajstić information content (AvgIpc) is 1.89. The van der Waals surface area contributed by atoms with Gasteiger partial charge in [-0.3, -0.25) is 4.99 Å². The maximum absolute atomic E-state index is 3.89. The fraction of sp³-hybridized carbons (Fsp3) is 0.667. The molecule has 0 heterocycles. The molecule has 0 aromatic rings. The van der Waals surface area contributed by atoms with Crippen LogP contribution in [0.1, 0.15) is 13.3 Å². The normalized spacial score (nSPS) is 11.8. The molecule has 0 rings (SSSR count). The number of rotatable bonds is 4. The Kier molecular flexibility index (Phi) is 6.73. The van der Waals surface area contributed by atoms with Gasteiger partial charge in [0, 0.05) is 6.21 Å². The Labute approximate surface area is 55.9 Å². The van der Waals surface area contributed by atoms with Gasteiger partial charge in [-0.05, 0) is 13.5 Å². The Morgan fingerprint density at radius 3 is 2.89 bits per heavy atom. The summed E-state index contributed by atoms with van der Waals surface area (Å²) in [7, 11) is 1.85. The summed E-state index contributed by atoms with van der Waals surface area (Å²) in [6.07, 6.45) is 4.34. The number of nitrogens with one attached hydrogen (secondary N) is 1. The van der Waals surface area contributed by atoms with Crippen molar-refractivity contribution in [3.63, 3.8) is 0 Å². The molecule has 0 aliphatic rings. The summed E-state index contributed by atoms with van der Waals surface area (Å²) >= 11 is 0. The summed E-state index contributed by atoms with van der Waals surface area (Å²) in [6, 6.07) is 0. The van der Waals surface area contributed by atoms with Crippen LogP contribution in [0.15, 0.2) is 9.98 Å². The van der Waals surface area contributed by atoms with Crippen LogP contribution in [0.5, 0.6) is 0 Å². The molecule has 0 atom stereocenters. The quantitative estimate of drug-likeness (QED) is 0.437. The molecular formula is C6H13N3. The van der Waals surface area contributed by atoms with Gasteiger partial charge in [-0.25, -0.2) is 4.99 Å². The van der Waals surface area contributed by atoms with E-state index in [9.17, 15) is 0 Å². The van der Waals surface area contributed by atoms with Crippen LogP contribution in [-0.2, 0) is 0 Å². The van der Waals surface area contributed by atoms with Crippen LogP contribution in [0.2, 0.25) is 0 Å². The summed E-state index contributed by atoms with van der Waals surface area (Å²) in [5, 5.41) is 2.87. The third kappa shape index (κ3) is 7.30. The summed E-state index contributed by atoms with van der Waals surface area (Å²) in [6.45, 7) is 2.68. The zero-order chi connectivity index (χ0) is 6.95. The van der Waals surface area contributed by atoms with Gasteiger partial charge in [-0.15, -0.1) is 0 Å². The fourth-order valence-corrected chi connectivity index (χ4v) is 0.332. The van der Waals surface area contributed by atoms with Gasteiger partial charge < -0.3 is 5.32 Å². The van der Waals surface area contributed by atoms with E-state index in [0.717, 1.165) is 6.42 Å². The van der Waals surface area contributed by atoms with Crippen molar-refractivity contribution in [1.29, 1.82) is 0 Å². The molecule has 0 aliphatic heterocycles. The van der Waals surface area contributed by atoms with Gasteiger partial charge in [0.25, 0.3) is 0 Å². The molecule has 0 saturated carbocycles. The highest BCUT2D eigenvalue weighted by Crippen LogP contribution is 1.66. The van der Waals surface area contributed by atoms with E-state index in [1.54, 1.807) is 6.34 Å². The predicted molar refractivity (Wildman–Crippen MR) is 41.2 cm³/mol. The van der Waals surface area contributed by atoms with Crippen LogP contribution in [0.4, 0.5) is 0 Å². The van der Waals surface area contributed by atoms with Crippen molar-refractivity contribution in [3.8, 4) is 0 Å². The first-order valence-corrected chi connectivity index (χ1v) is 3.06. The Morgan fingerprint density at radius 2 is 2.33 bits per heavy atom. The highest BCUT2D eigenvalue weighted by Gasteiger charge is 1.66.